The summed E-state index contributed by atoms with van der Waals surface area (Å²) >= 11 is 3.50. The molecule has 4 nitrogen and oxygen atoms in total. The highest BCUT2D eigenvalue weighted by molar-refractivity contribution is 7.99. The van der Waals surface area contributed by atoms with E-state index in [2.05, 4.69) is 41.2 Å². The third kappa shape index (κ3) is 6.35. The van der Waals surface area contributed by atoms with Crippen LogP contribution in [-0.4, -0.2) is 23.2 Å². The average molecular weight is 388 g/mol. The molecule has 0 bridgehead atoms. The van der Waals surface area contributed by atoms with Crippen LogP contribution in [0.4, 0.5) is 0 Å². The molecule has 2 rings (SSSR count). The molecule has 0 amide bonds. The Hall–Kier alpha value is -2.05. The van der Waals surface area contributed by atoms with Gasteiger partial charge in [-0.25, -0.2) is 4.79 Å². The molecule has 0 radical (unpaired) electrons. The van der Waals surface area contributed by atoms with Crippen LogP contribution >= 0.6 is 23.5 Å². The number of benzene rings is 2. The zero-order valence-electron chi connectivity index (χ0n) is 15.0. The molecule has 0 heterocycles. The van der Waals surface area contributed by atoms with Crippen molar-refractivity contribution < 1.29 is 14.4 Å². The lowest BCUT2D eigenvalue weighted by Gasteiger charge is -2.05. The van der Waals surface area contributed by atoms with E-state index in [4.69, 9.17) is 0 Å². The zero-order valence-corrected chi connectivity index (χ0v) is 16.7. The molecule has 0 saturated heterocycles. The van der Waals surface area contributed by atoms with Gasteiger partial charge in [-0.05, 0) is 67.6 Å². The molecule has 0 N–H and O–H groups in total. The standard InChI is InChI=1S/C20H21NO3S2/c1-4-13-25-17-9-11-19(12-10-17)26-18-7-5-16(6-8-18)20(23)14(2)21-24-15(3)22/h5-12H,4,13H2,1-3H3/b21-14+. The summed E-state index contributed by atoms with van der Waals surface area (Å²) in [5.41, 5.74) is 0.648. The summed E-state index contributed by atoms with van der Waals surface area (Å²) in [5.74, 6) is 0.311. The molecule has 136 valence electrons. The van der Waals surface area contributed by atoms with Crippen LogP contribution in [0.15, 0.2) is 68.4 Å². The fourth-order valence-electron chi connectivity index (χ4n) is 2.02. The first-order chi connectivity index (χ1) is 12.5. The Morgan fingerprint density at radius 1 is 0.923 bits per heavy atom. The third-order valence-electron chi connectivity index (χ3n) is 3.29. The number of nitrogens with zero attached hydrogens (tertiary/aromatic N) is 1. The number of Topliss-reactive ketones (excluding diaryl/α,β-unsaturated/α-hetero) is 1. The Bertz CT molecular complexity index is 784. The molecule has 0 aromatic heterocycles. The van der Waals surface area contributed by atoms with Gasteiger partial charge in [0, 0.05) is 27.2 Å². The average Bonchev–Trinajstić information content (AvgIpc) is 2.65. The molecule has 26 heavy (non-hydrogen) atoms. The van der Waals surface area contributed by atoms with Gasteiger partial charge in [-0.1, -0.05) is 23.8 Å². The Morgan fingerprint density at radius 2 is 1.46 bits per heavy atom. The summed E-state index contributed by atoms with van der Waals surface area (Å²) in [5, 5.41) is 3.53. The minimum absolute atomic E-state index is 0.140. The number of carbonyl (C=O) groups excluding carboxylic acids is 2. The van der Waals surface area contributed by atoms with E-state index in [1.807, 2.05) is 23.9 Å². The van der Waals surface area contributed by atoms with Crippen molar-refractivity contribution in [1.29, 1.82) is 0 Å². The van der Waals surface area contributed by atoms with Crippen molar-refractivity contribution in [3.8, 4) is 0 Å². The number of carbonyl (C=O) groups is 2. The zero-order chi connectivity index (χ0) is 18.9. The predicted molar refractivity (Wildman–Crippen MR) is 107 cm³/mol. The molecule has 0 aliphatic carbocycles. The second kappa shape index (κ2) is 10.2. The molecule has 0 spiro atoms. The van der Waals surface area contributed by atoms with Crippen molar-refractivity contribution in [3.05, 3.63) is 54.1 Å². The Labute approximate surface area is 162 Å². The lowest BCUT2D eigenvalue weighted by Crippen LogP contribution is -2.11. The van der Waals surface area contributed by atoms with Crippen LogP contribution in [0, 0.1) is 0 Å². The van der Waals surface area contributed by atoms with Gasteiger partial charge < -0.3 is 4.84 Å². The molecule has 6 heteroatoms. The van der Waals surface area contributed by atoms with Gasteiger partial charge in [0.25, 0.3) is 0 Å². The maximum absolute atomic E-state index is 12.2. The minimum atomic E-state index is -0.553. The largest absolute Gasteiger partial charge is 0.331 e. The van der Waals surface area contributed by atoms with E-state index in [9.17, 15) is 9.59 Å². The van der Waals surface area contributed by atoms with Gasteiger partial charge in [0.2, 0.25) is 5.78 Å². The van der Waals surface area contributed by atoms with E-state index in [-0.39, 0.29) is 11.5 Å². The number of hydrogen-bond donors (Lipinski definition) is 0. The first kappa shape index (κ1) is 20.3. The number of thioether (sulfide) groups is 1. The molecule has 2 aromatic carbocycles. The lowest BCUT2D eigenvalue weighted by atomic mass is 10.1. The van der Waals surface area contributed by atoms with Crippen molar-refractivity contribution in [1.82, 2.24) is 0 Å². The third-order valence-corrected chi connectivity index (χ3v) is 5.52. The van der Waals surface area contributed by atoms with Gasteiger partial charge >= 0.3 is 5.97 Å². The van der Waals surface area contributed by atoms with Gasteiger partial charge in [0.1, 0.15) is 5.71 Å². The topological polar surface area (TPSA) is 55.7 Å². The van der Waals surface area contributed by atoms with E-state index in [1.54, 1.807) is 23.9 Å². The van der Waals surface area contributed by atoms with Gasteiger partial charge in [0.15, 0.2) is 0 Å². The summed E-state index contributed by atoms with van der Waals surface area (Å²) in [6.07, 6.45) is 1.16. The number of oxime groups is 1. The normalized spacial score (nSPS) is 11.3. The van der Waals surface area contributed by atoms with Crippen LogP contribution < -0.4 is 0 Å². The maximum Gasteiger partial charge on any atom is 0.331 e. The summed E-state index contributed by atoms with van der Waals surface area (Å²) in [4.78, 5) is 31.0. The highest BCUT2D eigenvalue weighted by Crippen LogP contribution is 2.30. The molecular formula is C20H21NO3S2. The summed E-state index contributed by atoms with van der Waals surface area (Å²) in [6.45, 7) is 4.93. The predicted octanol–water partition coefficient (Wildman–Crippen LogP) is 5.46. The second-order valence-corrected chi connectivity index (χ2v) is 7.85. The molecule has 0 aliphatic rings. The van der Waals surface area contributed by atoms with Crippen LogP contribution in [0.1, 0.15) is 37.6 Å². The smallest absolute Gasteiger partial charge is 0.318 e. The summed E-state index contributed by atoms with van der Waals surface area (Å²) in [6, 6.07) is 15.8. The fraction of sp³-hybridized carbons (Fsp3) is 0.250. The lowest BCUT2D eigenvalue weighted by molar-refractivity contribution is -0.140. The molecule has 0 aliphatic heterocycles. The highest BCUT2D eigenvalue weighted by atomic mass is 32.2. The fourth-order valence-corrected chi connectivity index (χ4v) is 3.60. The van der Waals surface area contributed by atoms with Gasteiger partial charge in [0.05, 0.1) is 0 Å². The van der Waals surface area contributed by atoms with E-state index in [1.165, 1.54) is 18.7 Å². The second-order valence-electron chi connectivity index (χ2n) is 5.53. The van der Waals surface area contributed by atoms with Gasteiger partial charge in [-0.3, -0.25) is 4.79 Å². The first-order valence-electron chi connectivity index (χ1n) is 8.27. The Morgan fingerprint density at radius 3 is 2.00 bits per heavy atom. The highest BCUT2D eigenvalue weighted by Gasteiger charge is 2.11. The Kier molecular flexibility index (Phi) is 7.94. The van der Waals surface area contributed by atoms with Gasteiger partial charge in [-0.15, -0.1) is 11.8 Å². The molecule has 0 atom stereocenters. The molecule has 0 unspecified atom stereocenters. The first-order valence-corrected chi connectivity index (χ1v) is 10.1. The maximum atomic E-state index is 12.2. The molecular weight excluding hydrogens is 366 g/mol. The Balaban J connectivity index is 1.99. The number of hydrogen-bond acceptors (Lipinski definition) is 6. The van der Waals surface area contributed by atoms with Crippen molar-refractivity contribution >= 4 is 41.0 Å². The van der Waals surface area contributed by atoms with Crippen molar-refractivity contribution in [2.75, 3.05) is 5.75 Å². The van der Waals surface area contributed by atoms with E-state index in [0.717, 1.165) is 22.0 Å². The summed E-state index contributed by atoms with van der Waals surface area (Å²) in [7, 11) is 0. The van der Waals surface area contributed by atoms with Crippen LogP contribution in [-0.2, 0) is 9.63 Å². The van der Waals surface area contributed by atoms with Crippen molar-refractivity contribution in [2.24, 2.45) is 5.16 Å². The van der Waals surface area contributed by atoms with E-state index in [0.29, 0.717) is 5.56 Å². The number of rotatable bonds is 8. The van der Waals surface area contributed by atoms with Crippen molar-refractivity contribution in [3.63, 3.8) is 0 Å². The molecule has 0 fully saturated rings. The minimum Gasteiger partial charge on any atom is -0.318 e. The van der Waals surface area contributed by atoms with Gasteiger partial charge in [-0.2, -0.15) is 0 Å². The summed E-state index contributed by atoms with van der Waals surface area (Å²) < 4.78 is 0. The van der Waals surface area contributed by atoms with Crippen LogP contribution in [0.3, 0.4) is 0 Å². The van der Waals surface area contributed by atoms with Crippen LogP contribution in [0.5, 0.6) is 0 Å². The monoisotopic (exact) mass is 387 g/mol. The van der Waals surface area contributed by atoms with E-state index < -0.39 is 5.97 Å². The van der Waals surface area contributed by atoms with Crippen molar-refractivity contribution in [2.45, 2.75) is 41.9 Å². The van der Waals surface area contributed by atoms with Crippen LogP contribution in [0.25, 0.3) is 0 Å². The molecule has 0 saturated carbocycles. The molecule has 2 aromatic rings. The van der Waals surface area contributed by atoms with Crippen LogP contribution in [0.2, 0.25) is 0 Å². The quantitative estimate of drug-likeness (QED) is 0.198. The van der Waals surface area contributed by atoms with E-state index >= 15 is 0 Å². The SMILES string of the molecule is CCCSc1ccc(Sc2ccc(C(=O)/C(C)=N/OC(C)=O)cc2)cc1. The number of ketones is 1.